The zero-order valence-corrected chi connectivity index (χ0v) is 31.7. The van der Waals surface area contributed by atoms with Gasteiger partial charge in [-0.05, 0) is 62.8 Å². The number of rotatable bonds is 7. The van der Waals surface area contributed by atoms with Crippen molar-refractivity contribution in [2.24, 2.45) is 13.0 Å². The Hall–Kier alpha value is -5.39. The number of carbonyl (C=O) groups is 6. The zero-order chi connectivity index (χ0) is 39.7. The lowest BCUT2D eigenvalue weighted by molar-refractivity contribution is -0.141. The third kappa shape index (κ3) is 8.48. The van der Waals surface area contributed by atoms with Gasteiger partial charge < -0.3 is 34.7 Å². The van der Waals surface area contributed by atoms with E-state index in [1.807, 2.05) is 35.1 Å². The molecule has 0 radical (unpaired) electrons. The monoisotopic (exact) mass is 782 g/mol. The number of carboxylic acid groups (broad SMARTS) is 1. The number of aromatic carboxylic acids is 1. The second kappa shape index (κ2) is 15.8. The van der Waals surface area contributed by atoms with Crippen LogP contribution in [-0.4, -0.2) is 100 Å². The number of allylic oxidation sites excluding steroid dienone is 1. The Morgan fingerprint density at radius 1 is 1.02 bits per heavy atom. The van der Waals surface area contributed by atoms with E-state index in [9.17, 15) is 42.3 Å². The number of aromatic nitrogens is 1. The molecule has 4 heterocycles. The Morgan fingerprint density at radius 3 is 2.38 bits per heavy atom. The highest BCUT2D eigenvalue weighted by molar-refractivity contribution is 7.90. The van der Waals surface area contributed by atoms with E-state index in [4.69, 9.17) is 9.47 Å². The second-order valence-electron chi connectivity index (χ2n) is 14.7. The number of amides is 5. The van der Waals surface area contributed by atoms with Crippen LogP contribution in [0.2, 0.25) is 0 Å². The average molecular weight is 783 g/mol. The van der Waals surface area contributed by atoms with Gasteiger partial charge in [0.05, 0.1) is 12.6 Å². The molecule has 18 heteroatoms. The number of benzene rings is 1. The van der Waals surface area contributed by atoms with Crippen LogP contribution < -0.4 is 15.4 Å². The fourth-order valence-corrected chi connectivity index (χ4v) is 8.71. The van der Waals surface area contributed by atoms with Gasteiger partial charge in [0.1, 0.15) is 29.4 Å². The van der Waals surface area contributed by atoms with E-state index in [-0.39, 0.29) is 31.5 Å². The first kappa shape index (κ1) is 39.3. The molecule has 1 aromatic carbocycles. The number of nitrogens with one attached hydrogen (secondary N) is 3. The number of fused-ring (bicyclic) bond motifs is 3. The van der Waals surface area contributed by atoms with Crippen LogP contribution in [0.1, 0.15) is 80.4 Å². The van der Waals surface area contributed by atoms with Crippen molar-refractivity contribution in [2.45, 2.75) is 107 Å². The van der Waals surface area contributed by atoms with Crippen molar-refractivity contribution < 1.29 is 51.8 Å². The summed E-state index contributed by atoms with van der Waals surface area (Å²) < 4.78 is 40.9. The predicted molar refractivity (Wildman–Crippen MR) is 194 cm³/mol. The lowest BCUT2D eigenvalue weighted by Gasteiger charge is -2.30. The lowest BCUT2D eigenvalue weighted by atomic mass is 10.0. The molecule has 1 aromatic heterocycles. The molecule has 1 saturated carbocycles. The highest BCUT2D eigenvalue weighted by Crippen LogP contribution is 2.46. The van der Waals surface area contributed by atoms with Crippen LogP contribution >= 0.6 is 0 Å². The minimum absolute atomic E-state index is 0.0456. The maximum Gasteiger partial charge on any atom is 0.410 e. The van der Waals surface area contributed by atoms with Gasteiger partial charge >= 0.3 is 18.2 Å². The number of hydrogen-bond acceptors (Lipinski definition) is 10. The molecular weight excluding hydrogens is 737 g/mol. The standard InChI is InChI=1S/C37H46N6O11S/c1-22(2)53-35(49)38-27-14-8-6-4-5-7-13-25-18-37(25,34(48)40-55(51,52)30-16-15-28(33(46)47)41(30)3)39-31(44)29-17-26(21-43(29)32(27)45)54-36(50)42-19-23-11-9-10-12-24(23)20-42/h7,9-13,15-16,22,25-27,29H,4-6,8,14,17-21H2,1-3H3,(H,38,49)(H,39,44)(H,40,48)(H,46,47)/b13-7-/t25-,26-,27+,29+,37-/m1/s1. The van der Waals surface area contributed by atoms with E-state index in [0.29, 0.717) is 38.8 Å². The quantitative estimate of drug-likeness (QED) is 0.299. The first-order chi connectivity index (χ1) is 26.1. The number of carbonyl (C=O) groups excluding carboxylic acids is 5. The van der Waals surface area contributed by atoms with Crippen molar-refractivity contribution >= 4 is 45.9 Å². The number of hydrogen-bond donors (Lipinski definition) is 4. The molecule has 2 fully saturated rings. The smallest absolute Gasteiger partial charge is 0.410 e. The maximum atomic E-state index is 14.3. The van der Waals surface area contributed by atoms with Crippen LogP contribution in [0.5, 0.6) is 0 Å². The van der Waals surface area contributed by atoms with Gasteiger partial charge in [0, 0.05) is 32.5 Å². The first-order valence-corrected chi connectivity index (χ1v) is 19.8. The maximum absolute atomic E-state index is 14.3. The molecule has 1 aliphatic carbocycles. The van der Waals surface area contributed by atoms with Crippen molar-refractivity contribution in [1.29, 1.82) is 0 Å². The number of carboxylic acids is 1. The molecular formula is C37H46N6O11S. The average Bonchev–Trinajstić information content (AvgIpc) is 3.45. The number of nitrogens with zero attached hydrogens (tertiary/aromatic N) is 3. The molecule has 296 valence electrons. The van der Waals surface area contributed by atoms with Gasteiger partial charge in [-0.15, -0.1) is 0 Å². The normalized spacial score (nSPS) is 26.0. The summed E-state index contributed by atoms with van der Waals surface area (Å²) in [5.74, 6) is -4.39. The van der Waals surface area contributed by atoms with Crippen LogP contribution in [0.15, 0.2) is 53.6 Å². The van der Waals surface area contributed by atoms with Crippen molar-refractivity contribution in [3.63, 3.8) is 0 Å². The molecule has 4 aliphatic rings. The third-order valence-electron chi connectivity index (χ3n) is 10.4. The highest BCUT2D eigenvalue weighted by atomic mass is 32.2. The molecule has 3 aliphatic heterocycles. The molecule has 2 aromatic rings. The summed E-state index contributed by atoms with van der Waals surface area (Å²) in [6.07, 6.45) is 3.49. The Bertz CT molecular complexity index is 1990. The second-order valence-corrected chi connectivity index (χ2v) is 16.3. The van der Waals surface area contributed by atoms with Crippen molar-refractivity contribution in [2.75, 3.05) is 6.54 Å². The SMILES string of the molecule is CC(C)OC(=O)N[C@H]1CCCCC/C=C\[C@@H]2C[C@@]2(C(=O)NS(=O)(=O)c2ccc(C(=O)O)n2C)NC(=O)[C@@H]2C[C@@H](OC(=O)N3Cc4ccccc4C3)CN2C1=O. The molecule has 5 amide bonds. The molecule has 17 nitrogen and oxygen atoms in total. The van der Waals surface area contributed by atoms with E-state index < -0.39 is 86.7 Å². The van der Waals surface area contributed by atoms with Gasteiger partial charge in [0.2, 0.25) is 11.8 Å². The van der Waals surface area contributed by atoms with Crippen LogP contribution in [0.25, 0.3) is 0 Å². The Balaban J connectivity index is 1.27. The number of alkyl carbamates (subject to hydrolysis) is 1. The van der Waals surface area contributed by atoms with E-state index in [2.05, 4.69) is 10.6 Å². The zero-order valence-electron chi connectivity index (χ0n) is 30.9. The summed E-state index contributed by atoms with van der Waals surface area (Å²) in [6, 6.07) is 7.39. The lowest BCUT2D eigenvalue weighted by Crippen LogP contribution is -2.58. The van der Waals surface area contributed by atoms with E-state index >= 15 is 0 Å². The van der Waals surface area contributed by atoms with Gasteiger partial charge in [0.15, 0.2) is 5.03 Å². The topological polar surface area (TPSA) is 223 Å². The van der Waals surface area contributed by atoms with E-state index in [1.165, 1.54) is 16.8 Å². The highest BCUT2D eigenvalue weighted by Gasteiger charge is 2.62. The van der Waals surface area contributed by atoms with Gasteiger partial charge in [-0.2, -0.15) is 8.42 Å². The van der Waals surface area contributed by atoms with Crippen LogP contribution in [-0.2, 0) is 54.0 Å². The predicted octanol–water partition coefficient (Wildman–Crippen LogP) is 2.55. The summed E-state index contributed by atoms with van der Waals surface area (Å²) >= 11 is 0. The Morgan fingerprint density at radius 2 is 1.73 bits per heavy atom. The molecule has 55 heavy (non-hydrogen) atoms. The molecule has 4 N–H and O–H groups in total. The third-order valence-corrected chi connectivity index (χ3v) is 11.9. The first-order valence-electron chi connectivity index (χ1n) is 18.3. The Kier molecular flexibility index (Phi) is 11.3. The molecule has 5 atom stereocenters. The fourth-order valence-electron chi connectivity index (χ4n) is 7.48. The van der Waals surface area contributed by atoms with Gasteiger partial charge in [-0.3, -0.25) is 19.3 Å². The Labute approximate surface area is 318 Å². The van der Waals surface area contributed by atoms with E-state index in [0.717, 1.165) is 27.8 Å². The van der Waals surface area contributed by atoms with E-state index in [1.54, 1.807) is 19.9 Å². The van der Waals surface area contributed by atoms with Crippen LogP contribution in [0.3, 0.4) is 0 Å². The van der Waals surface area contributed by atoms with Crippen LogP contribution in [0, 0.1) is 5.92 Å². The van der Waals surface area contributed by atoms with Crippen molar-refractivity contribution in [3.05, 3.63) is 65.4 Å². The summed E-state index contributed by atoms with van der Waals surface area (Å²) in [5, 5.41) is 14.3. The summed E-state index contributed by atoms with van der Waals surface area (Å²) in [6.45, 7) is 3.80. The fraction of sp³-hybridized carbons (Fsp3) is 0.514. The summed E-state index contributed by atoms with van der Waals surface area (Å²) in [5.41, 5.74) is -0.0986. The number of ether oxygens (including phenoxy) is 2. The van der Waals surface area contributed by atoms with Crippen molar-refractivity contribution in [3.8, 4) is 0 Å². The molecule has 0 unspecified atom stereocenters. The van der Waals surface area contributed by atoms with Gasteiger partial charge in [-0.25, -0.2) is 19.1 Å². The van der Waals surface area contributed by atoms with Gasteiger partial charge in [0.25, 0.3) is 15.9 Å². The minimum atomic E-state index is -4.61. The molecule has 1 saturated heterocycles. The van der Waals surface area contributed by atoms with Gasteiger partial charge in [-0.1, -0.05) is 49.3 Å². The molecule has 6 rings (SSSR count). The minimum Gasteiger partial charge on any atom is -0.477 e. The van der Waals surface area contributed by atoms with Crippen LogP contribution in [0.4, 0.5) is 9.59 Å². The van der Waals surface area contributed by atoms with Crippen molar-refractivity contribution in [1.82, 2.24) is 29.7 Å². The molecule has 0 spiro atoms. The largest absolute Gasteiger partial charge is 0.477 e. The number of sulfonamides is 1. The molecule has 0 bridgehead atoms. The summed E-state index contributed by atoms with van der Waals surface area (Å²) in [4.78, 5) is 83.0. The summed E-state index contributed by atoms with van der Waals surface area (Å²) in [7, 11) is -3.37.